The Kier molecular flexibility index (Phi) is 6.87. The summed E-state index contributed by atoms with van der Waals surface area (Å²) in [6.07, 6.45) is 5.05. The Balaban J connectivity index is 2.14. The smallest absolute Gasteiger partial charge is 0.258 e. The number of aromatic nitrogens is 1. The average molecular weight is 376 g/mol. The lowest BCUT2D eigenvalue weighted by atomic mass is 10.2. The van der Waals surface area contributed by atoms with Gasteiger partial charge in [-0.2, -0.15) is 0 Å². The van der Waals surface area contributed by atoms with E-state index in [1.165, 1.54) is 12.3 Å². The average Bonchev–Trinajstić information content (AvgIpc) is 2.69. The Hall–Kier alpha value is -4.14. The fourth-order valence-corrected chi connectivity index (χ4v) is 2.11. The third kappa shape index (κ3) is 5.43. The minimum Gasteiger partial charge on any atom is -0.398 e. The maximum Gasteiger partial charge on any atom is 0.258 e. The number of allylic oxidation sites excluding steroid dienone is 1. The van der Waals surface area contributed by atoms with Crippen LogP contribution in [0.3, 0.4) is 0 Å². The van der Waals surface area contributed by atoms with E-state index in [2.05, 4.69) is 20.3 Å². The van der Waals surface area contributed by atoms with E-state index in [1.807, 2.05) is 0 Å². The summed E-state index contributed by atoms with van der Waals surface area (Å²) in [5.74, 6) is -0.109. The molecule has 0 radical (unpaired) electrons. The van der Waals surface area contributed by atoms with Crippen LogP contribution in [0.2, 0.25) is 0 Å². The van der Waals surface area contributed by atoms with Gasteiger partial charge in [0.2, 0.25) is 5.96 Å². The minimum absolute atomic E-state index is 0.00282. The number of hydrogen-bond acceptors (Lipinski definition) is 6. The van der Waals surface area contributed by atoms with Gasteiger partial charge in [0.15, 0.2) is 0 Å². The van der Waals surface area contributed by atoms with Crippen molar-refractivity contribution in [1.29, 1.82) is 10.8 Å². The number of amides is 1. The second-order valence-electron chi connectivity index (χ2n) is 5.48. The Morgan fingerprint density at radius 2 is 2.04 bits per heavy atom. The van der Waals surface area contributed by atoms with Crippen LogP contribution in [0.4, 0.5) is 17.2 Å². The zero-order valence-corrected chi connectivity index (χ0v) is 15.2. The van der Waals surface area contributed by atoms with E-state index >= 15 is 0 Å². The topological polar surface area (TPSA) is 166 Å². The lowest BCUT2D eigenvalue weighted by molar-refractivity contribution is -0.112. The molecule has 28 heavy (non-hydrogen) atoms. The fourth-order valence-electron chi connectivity index (χ4n) is 2.11. The highest BCUT2D eigenvalue weighted by atomic mass is 16.1. The van der Waals surface area contributed by atoms with Crippen molar-refractivity contribution in [3.8, 4) is 0 Å². The zero-order valence-electron chi connectivity index (χ0n) is 15.2. The van der Waals surface area contributed by atoms with E-state index in [0.29, 0.717) is 28.5 Å². The second kappa shape index (κ2) is 9.53. The molecule has 0 aliphatic carbocycles. The second-order valence-corrected chi connectivity index (χ2v) is 5.48. The number of carbonyl (C=O) groups is 1. The molecule has 0 aliphatic heterocycles. The molecule has 0 saturated carbocycles. The predicted molar refractivity (Wildman–Crippen MR) is 113 cm³/mol. The Morgan fingerprint density at radius 1 is 1.25 bits per heavy atom. The molecule has 0 aliphatic rings. The number of nitrogens with zero attached hydrogens (tertiary/aromatic N) is 3. The van der Waals surface area contributed by atoms with Gasteiger partial charge in [0.05, 0.1) is 23.2 Å². The summed E-state index contributed by atoms with van der Waals surface area (Å²) in [6.45, 7) is 1.67. The number of nitrogen functional groups attached to an aromatic ring is 1. The summed E-state index contributed by atoms with van der Waals surface area (Å²) in [4.78, 5) is 24.4. The van der Waals surface area contributed by atoms with E-state index in [9.17, 15) is 4.79 Å². The normalized spacial score (nSPS) is 12.0. The first-order valence-electron chi connectivity index (χ1n) is 8.20. The largest absolute Gasteiger partial charge is 0.398 e. The molecule has 9 heteroatoms. The summed E-state index contributed by atoms with van der Waals surface area (Å²) in [5, 5.41) is 17.1. The fraction of sp³-hybridized carbons (Fsp3) is 0.0526. The molecule has 1 aromatic carbocycles. The van der Waals surface area contributed by atoms with Crippen molar-refractivity contribution in [3.05, 3.63) is 59.3 Å². The molecule has 2 rings (SSSR count). The SMILES string of the molecule is C/C=C(\C=N)C(=O)Nc1cccc(/C=N/C(N)=Nc2ccc(N)c(C=N)c2)n1. The highest BCUT2D eigenvalue weighted by molar-refractivity contribution is 6.16. The molecule has 0 bridgehead atoms. The summed E-state index contributed by atoms with van der Waals surface area (Å²) in [5.41, 5.74) is 13.8. The van der Waals surface area contributed by atoms with Crippen LogP contribution >= 0.6 is 0 Å². The molecule has 1 heterocycles. The minimum atomic E-state index is -0.425. The molecule has 7 N–H and O–H groups in total. The molecule has 1 aromatic heterocycles. The van der Waals surface area contributed by atoms with E-state index in [4.69, 9.17) is 22.3 Å². The summed E-state index contributed by atoms with van der Waals surface area (Å²) < 4.78 is 0. The number of carbonyl (C=O) groups excluding carboxylic acids is 1. The first-order chi connectivity index (χ1) is 13.5. The van der Waals surface area contributed by atoms with Crippen LogP contribution in [0.1, 0.15) is 18.2 Å². The number of aliphatic imine (C=N–C) groups is 2. The summed E-state index contributed by atoms with van der Waals surface area (Å²) in [7, 11) is 0. The number of guanidine groups is 1. The first kappa shape index (κ1) is 20.2. The van der Waals surface area contributed by atoms with E-state index in [-0.39, 0.29) is 11.5 Å². The van der Waals surface area contributed by atoms with Crippen molar-refractivity contribution < 1.29 is 4.79 Å². The van der Waals surface area contributed by atoms with E-state index in [1.54, 1.807) is 43.3 Å². The lowest BCUT2D eigenvalue weighted by Gasteiger charge is -2.04. The maximum absolute atomic E-state index is 12.0. The molecule has 0 saturated heterocycles. The van der Waals surface area contributed by atoms with Crippen molar-refractivity contribution in [2.45, 2.75) is 6.92 Å². The molecule has 142 valence electrons. The molecule has 0 atom stereocenters. The number of benzene rings is 1. The van der Waals surface area contributed by atoms with Crippen molar-refractivity contribution >= 4 is 47.7 Å². The molecule has 0 unspecified atom stereocenters. The van der Waals surface area contributed by atoms with Crippen LogP contribution in [0.5, 0.6) is 0 Å². The number of anilines is 2. The van der Waals surface area contributed by atoms with Gasteiger partial charge in [0.1, 0.15) is 5.82 Å². The number of rotatable bonds is 6. The van der Waals surface area contributed by atoms with Gasteiger partial charge in [-0.25, -0.2) is 15.0 Å². The third-order valence-corrected chi connectivity index (χ3v) is 3.54. The van der Waals surface area contributed by atoms with Gasteiger partial charge in [-0.1, -0.05) is 12.1 Å². The number of hydrogen-bond donors (Lipinski definition) is 5. The van der Waals surface area contributed by atoms with E-state index < -0.39 is 5.91 Å². The van der Waals surface area contributed by atoms with Crippen LogP contribution in [0.25, 0.3) is 0 Å². The van der Waals surface area contributed by atoms with E-state index in [0.717, 1.165) is 12.4 Å². The number of pyridine rings is 1. The lowest BCUT2D eigenvalue weighted by Crippen LogP contribution is -2.16. The van der Waals surface area contributed by atoms with Gasteiger partial charge in [-0.3, -0.25) is 4.79 Å². The third-order valence-electron chi connectivity index (χ3n) is 3.54. The first-order valence-corrected chi connectivity index (χ1v) is 8.20. The van der Waals surface area contributed by atoms with Crippen LogP contribution in [-0.4, -0.2) is 35.5 Å². The van der Waals surface area contributed by atoms with Gasteiger partial charge in [-0.15, -0.1) is 0 Å². The van der Waals surface area contributed by atoms with Crippen LogP contribution in [-0.2, 0) is 4.79 Å². The highest BCUT2D eigenvalue weighted by Gasteiger charge is 2.07. The van der Waals surface area contributed by atoms with Crippen molar-refractivity contribution in [2.24, 2.45) is 15.7 Å². The van der Waals surface area contributed by atoms with Gasteiger partial charge in [0.25, 0.3) is 5.91 Å². The zero-order chi connectivity index (χ0) is 20.5. The molecule has 1 amide bonds. The van der Waals surface area contributed by atoms with Crippen LogP contribution in [0, 0.1) is 10.8 Å². The summed E-state index contributed by atoms with van der Waals surface area (Å²) >= 11 is 0. The summed E-state index contributed by atoms with van der Waals surface area (Å²) in [6, 6.07) is 9.94. The maximum atomic E-state index is 12.0. The van der Waals surface area contributed by atoms with Crippen LogP contribution < -0.4 is 16.8 Å². The molecule has 2 aromatic rings. The van der Waals surface area contributed by atoms with Gasteiger partial charge >= 0.3 is 0 Å². The Morgan fingerprint density at radius 3 is 2.71 bits per heavy atom. The quantitative estimate of drug-likeness (QED) is 0.226. The Labute approximate surface area is 161 Å². The van der Waals surface area contributed by atoms with Crippen molar-refractivity contribution in [3.63, 3.8) is 0 Å². The van der Waals surface area contributed by atoms with Crippen LogP contribution in [0.15, 0.2) is 58.0 Å². The van der Waals surface area contributed by atoms with Gasteiger partial charge < -0.3 is 27.6 Å². The molecular formula is C19H20N8O. The molecule has 9 nitrogen and oxygen atoms in total. The monoisotopic (exact) mass is 376 g/mol. The van der Waals surface area contributed by atoms with Gasteiger partial charge in [-0.05, 0) is 37.3 Å². The molecule has 0 spiro atoms. The predicted octanol–water partition coefficient (Wildman–Crippen LogP) is 2.26. The molecular weight excluding hydrogens is 356 g/mol. The Bertz CT molecular complexity index is 991. The van der Waals surface area contributed by atoms with Gasteiger partial charge in [0, 0.05) is 23.7 Å². The number of nitrogens with one attached hydrogen (secondary N) is 3. The molecule has 0 fully saturated rings. The standard InChI is InChI=1S/C19H20N8O/c1-2-12(9-20)18(28)27-17-5-3-4-15(25-17)11-24-19(23)26-14-6-7-16(22)13(8-14)10-21/h2-11,20-21H,22H2,1H3,(H2,23,26)(H,25,27,28)/b12-2+,20-9?,21-10?,24-11+. The van der Waals surface area contributed by atoms with Crippen molar-refractivity contribution in [2.75, 3.05) is 11.1 Å². The van der Waals surface area contributed by atoms with Crippen molar-refractivity contribution in [1.82, 2.24) is 4.98 Å². The number of nitrogens with two attached hydrogens (primary N) is 2. The highest BCUT2D eigenvalue weighted by Crippen LogP contribution is 2.18.